The van der Waals surface area contributed by atoms with Crippen LogP contribution in [0.3, 0.4) is 0 Å². The van der Waals surface area contributed by atoms with Crippen molar-refractivity contribution in [2.45, 2.75) is 30.0 Å². The van der Waals surface area contributed by atoms with Crippen molar-refractivity contribution >= 4 is 44.7 Å². The van der Waals surface area contributed by atoms with E-state index in [2.05, 4.69) is 13.2 Å². The van der Waals surface area contributed by atoms with Gasteiger partial charge in [-0.15, -0.1) is 23.2 Å². The molecule has 2 atom stereocenters. The molecule has 0 aromatic heterocycles. The Bertz CT molecular complexity index is 631. The van der Waals surface area contributed by atoms with Crippen molar-refractivity contribution in [3.63, 3.8) is 0 Å². The summed E-state index contributed by atoms with van der Waals surface area (Å²) in [4.78, 5) is 23.8. The smallest absolute Gasteiger partial charge is 0.333 e. The van der Waals surface area contributed by atoms with Gasteiger partial charge in [0.15, 0.2) is 0 Å². The number of esters is 2. The van der Waals surface area contributed by atoms with E-state index in [0.29, 0.717) is 0 Å². The van der Waals surface area contributed by atoms with Gasteiger partial charge in [0.05, 0.1) is 20.6 Å². The van der Waals surface area contributed by atoms with E-state index in [0.717, 1.165) is 5.56 Å². The fraction of sp³-hybridized carbons (Fsp3) is 0.333. The first-order valence-corrected chi connectivity index (χ1v) is 9.53. The van der Waals surface area contributed by atoms with E-state index in [1.165, 1.54) is 0 Å². The lowest BCUT2D eigenvalue weighted by Crippen LogP contribution is -2.28. The van der Waals surface area contributed by atoms with E-state index in [1.807, 2.05) is 30.3 Å². The van der Waals surface area contributed by atoms with Crippen LogP contribution >= 0.6 is 23.2 Å². The molecule has 0 spiro atoms. The predicted octanol–water partition coefficient (Wildman–Crippen LogP) is 4.22. The van der Waals surface area contributed by atoms with Gasteiger partial charge in [-0.05, 0) is 19.4 Å². The summed E-state index contributed by atoms with van der Waals surface area (Å²) >= 11 is 11.9. The van der Waals surface area contributed by atoms with E-state index in [9.17, 15) is 9.59 Å². The van der Waals surface area contributed by atoms with Gasteiger partial charge < -0.3 is 9.47 Å². The van der Waals surface area contributed by atoms with Gasteiger partial charge in [0, 0.05) is 16.7 Å². The minimum atomic E-state index is -0.678. The molecule has 2 radical (unpaired) electrons. The molecule has 0 amide bonds. The second-order valence-corrected chi connectivity index (χ2v) is 8.95. The Balaban J connectivity index is 3.08. The molecule has 25 heavy (non-hydrogen) atoms. The highest BCUT2D eigenvalue weighted by Crippen LogP contribution is 2.33. The molecule has 1 aromatic rings. The molecule has 0 N–H and O–H groups in total. The Hall–Kier alpha value is -1.56. The van der Waals surface area contributed by atoms with Crippen LogP contribution in [0.4, 0.5) is 0 Å². The molecule has 0 saturated heterocycles. The zero-order chi connectivity index (χ0) is 19.0. The normalized spacial score (nSPS) is 13.0. The van der Waals surface area contributed by atoms with Gasteiger partial charge >= 0.3 is 11.9 Å². The van der Waals surface area contributed by atoms with E-state index < -0.39 is 28.0 Å². The summed E-state index contributed by atoms with van der Waals surface area (Å²) in [6.07, 6.45) is -0.665. The molecule has 134 valence electrons. The lowest BCUT2D eigenvalue weighted by molar-refractivity contribution is -0.146. The SMILES string of the molecule is C=C(C)C(=O)OCC([Si]C(Cl)Cl)C(OC(=O)C(=C)C)c1ccccc1. The van der Waals surface area contributed by atoms with Crippen molar-refractivity contribution in [1.29, 1.82) is 0 Å². The summed E-state index contributed by atoms with van der Waals surface area (Å²) in [6.45, 7) is 10.3. The molecule has 0 aliphatic heterocycles. The molecule has 1 rings (SSSR count). The fourth-order valence-corrected chi connectivity index (χ4v) is 3.82. The molecule has 2 unspecified atom stereocenters. The molecule has 0 bridgehead atoms. The summed E-state index contributed by atoms with van der Waals surface area (Å²) in [5, 5.41) is 0. The lowest BCUT2D eigenvalue weighted by atomic mass is 10.1. The van der Waals surface area contributed by atoms with Crippen molar-refractivity contribution in [2.75, 3.05) is 6.61 Å². The van der Waals surface area contributed by atoms with E-state index in [-0.39, 0.29) is 27.3 Å². The van der Waals surface area contributed by atoms with Crippen LogP contribution in [-0.4, -0.2) is 32.5 Å². The number of hydrogen-bond acceptors (Lipinski definition) is 4. The number of alkyl halides is 2. The largest absolute Gasteiger partial charge is 0.462 e. The van der Waals surface area contributed by atoms with Crippen LogP contribution in [0, 0.1) is 0 Å². The number of benzene rings is 1. The van der Waals surface area contributed by atoms with Crippen molar-refractivity contribution in [1.82, 2.24) is 0 Å². The molecule has 0 saturated carbocycles. The zero-order valence-electron chi connectivity index (χ0n) is 14.1. The Labute approximate surface area is 160 Å². The van der Waals surface area contributed by atoms with Crippen LogP contribution in [0.15, 0.2) is 54.6 Å². The fourth-order valence-electron chi connectivity index (χ4n) is 1.91. The van der Waals surface area contributed by atoms with Crippen molar-refractivity contribution in [2.24, 2.45) is 0 Å². The van der Waals surface area contributed by atoms with Crippen molar-refractivity contribution in [3.05, 3.63) is 60.2 Å². The van der Waals surface area contributed by atoms with Gasteiger partial charge in [-0.3, -0.25) is 0 Å². The standard InChI is InChI=1S/C18H20Cl2O4Si/c1-11(2)16(21)23-10-14(25-18(19)20)15(24-17(22)12(3)4)13-8-6-5-7-9-13/h5-9,14-15,18H,1,3,10H2,2,4H3. The highest BCUT2D eigenvalue weighted by Gasteiger charge is 2.31. The third kappa shape index (κ3) is 7.46. The first-order valence-electron chi connectivity index (χ1n) is 7.50. The van der Waals surface area contributed by atoms with E-state index in [1.54, 1.807) is 13.8 Å². The number of carbonyl (C=O) groups is 2. The molecule has 4 nitrogen and oxygen atoms in total. The topological polar surface area (TPSA) is 52.6 Å². The van der Waals surface area contributed by atoms with Gasteiger partial charge in [-0.2, -0.15) is 0 Å². The zero-order valence-corrected chi connectivity index (χ0v) is 16.6. The van der Waals surface area contributed by atoms with Crippen LogP contribution in [0.5, 0.6) is 0 Å². The van der Waals surface area contributed by atoms with Gasteiger partial charge in [0.2, 0.25) is 0 Å². The summed E-state index contributed by atoms with van der Waals surface area (Å²) in [5.41, 5.74) is 0.921. The summed E-state index contributed by atoms with van der Waals surface area (Å²) in [6, 6.07) is 9.16. The molecular formula is C18H20Cl2O4Si. The molecule has 7 heteroatoms. The molecule has 0 heterocycles. The highest BCUT2D eigenvalue weighted by molar-refractivity contribution is 6.69. The first-order chi connectivity index (χ1) is 11.7. The highest BCUT2D eigenvalue weighted by atomic mass is 35.5. The summed E-state index contributed by atoms with van der Waals surface area (Å²) < 4.78 is 10.2. The molecule has 1 aromatic carbocycles. The molecule has 0 fully saturated rings. The van der Waals surface area contributed by atoms with Gasteiger partial charge in [0.25, 0.3) is 0 Å². The average molecular weight is 399 g/mol. The van der Waals surface area contributed by atoms with Crippen LogP contribution in [-0.2, 0) is 19.1 Å². The summed E-state index contributed by atoms with van der Waals surface area (Å²) in [5.74, 6) is -1.05. The Morgan fingerprint density at radius 3 is 2.12 bits per heavy atom. The predicted molar refractivity (Wildman–Crippen MR) is 101 cm³/mol. The number of hydrogen-bond donors (Lipinski definition) is 0. The van der Waals surface area contributed by atoms with Crippen LogP contribution < -0.4 is 0 Å². The van der Waals surface area contributed by atoms with E-state index in [4.69, 9.17) is 32.7 Å². The maximum absolute atomic E-state index is 12.1. The maximum Gasteiger partial charge on any atom is 0.333 e. The minimum absolute atomic E-state index is 0.00308. The number of halogens is 2. The van der Waals surface area contributed by atoms with Gasteiger partial charge in [-0.1, -0.05) is 43.5 Å². The van der Waals surface area contributed by atoms with E-state index >= 15 is 0 Å². The Morgan fingerprint density at radius 2 is 1.64 bits per heavy atom. The Morgan fingerprint density at radius 1 is 1.08 bits per heavy atom. The monoisotopic (exact) mass is 398 g/mol. The third-order valence-electron chi connectivity index (χ3n) is 3.16. The van der Waals surface area contributed by atoms with Gasteiger partial charge in [-0.25, -0.2) is 9.59 Å². The summed E-state index contributed by atoms with van der Waals surface area (Å²) in [7, 11) is -0.0111. The van der Waals surface area contributed by atoms with Crippen LogP contribution in [0.1, 0.15) is 25.5 Å². The number of ether oxygens (including phenoxy) is 2. The van der Waals surface area contributed by atoms with Crippen molar-refractivity contribution < 1.29 is 19.1 Å². The lowest BCUT2D eigenvalue weighted by Gasteiger charge is -2.27. The minimum Gasteiger partial charge on any atom is -0.462 e. The average Bonchev–Trinajstić information content (AvgIpc) is 2.56. The van der Waals surface area contributed by atoms with Crippen LogP contribution in [0.2, 0.25) is 5.54 Å². The maximum atomic E-state index is 12.1. The number of rotatable bonds is 9. The van der Waals surface area contributed by atoms with Crippen molar-refractivity contribution in [3.8, 4) is 0 Å². The van der Waals surface area contributed by atoms with Gasteiger partial charge in [0.1, 0.15) is 6.10 Å². The molecule has 0 aliphatic rings. The second-order valence-electron chi connectivity index (χ2n) is 5.47. The molecule has 0 aliphatic carbocycles. The first kappa shape index (κ1) is 21.5. The van der Waals surface area contributed by atoms with Crippen LogP contribution in [0.25, 0.3) is 0 Å². The second kappa shape index (κ2) is 10.4. The third-order valence-corrected chi connectivity index (χ3v) is 5.06. The number of carbonyl (C=O) groups excluding carboxylic acids is 2. The molecular weight excluding hydrogens is 379 g/mol. The quantitative estimate of drug-likeness (QED) is 0.270. The Kier molecular flexibility index (Phi) is 8.96.